The van der Waals surface area contributed by atoms with Crippen molar-refractivity contribution in [2.24, 2.45) is 0 Å². The molecule has 0 saturated carbocycles. The molecule has 9 nitrogen and oxygen atoms in total. The van der Waals surface area contributed by atoms with E-state index in [1.165, 1.54) is 18.2 Å². The summed E-state index contributed by atoms with van der Waals surface area (Å²) in [5.41, 5.74) is 2.47. The predicted molar refractivity (Wildman–Crippen MR) is 131 cm³/mol. The van der Waals surface area contributed by atoms with Crippen molar-refractivity contribution in [1.82, 2.24) is 9.97 Å². The molecule has 2 N–H and O–H groups in total. The van der Waals surface area contributed by atoms with Crippen LogP contribution >= 0.6 is 0 Å². The number of sulfonamides is 1. The Kier molecular flexibility index (Phi) is 6.69. The van der Waals surface area contributed by atoms with Crippen LogP contribution in [-0.4, -0.2) is 55.6 Å². The summed E-state index contributed by atoms with van der Waals surface area (Å²) in [6.45, 7) is 6.60. The molecular formula is C24H27N5O4S. The van der Waals surface area contributed by atoms with E-state index >= 15 is 0 Å². The third-order valence-corrected chi connectivity index (χ3v) is 7.33. The molecule has 10 heteroatoms. The van der Waals surface area contributed by atoms with Gasteiger partial charge in [0.15, 0.2) is 0 Å². The number of carboxylic acids is 1. The molecular weight excluding hydrogens is 454 g/mol. The van der Waals surface area contributed by atoms with Crippen LogP contribution in [-0.2, 0) is 10.0 Å². The summed E-state index contributed by atoms with van der Waals surface area (Å²) in [5.74, 6) is -0.527. The molecule has 1 fully saturated rings. The van der Waals surface area contributed by atoms with Gasteiger partial charge in [0.2, 0.25) is 5.95 Å². The molecule has 1 saturated heterocycles. The highest BCUT2D eigenvalue weighted by molar-refractivity contribution is 7.92. The van der Waals surface area contributed by atoms with Crippen LogP contribution < -0.4 is 14.5 Å². The zero-order chi connectivity index (χ0) is 24.3. The summed E-state index contributed by atoms with van der Waals surface area (Å²) in [6.07, 6.45) is 4.27. The second kappa shape index (κ2) is 9.68. The zero-order valence-electron chi connectivity index (χ0n) is 19.1. The van der Waals surface area contributed by atoms with Crippen LogP contribution in [0.3, 0.4) is 0 Å². The van der Waals surface area contributed by atoms with Crippen molar-refractivity contribution < 1.29 is 18.3 Å². The van der Waals surface area contributed by atoms with Gasteiger partial charge >= 0.3 is 5.97 Å². The number of aromatic nitrogens is 2. The summed E-state index contributed by atoms with van der Waals surface area (Å²) in [4.78, 5) is 24.9. The van der Waals surface area contributed by atoms with Crippen LogP contribution in [0.2, 0.25) is 0 Å². The average Bonchev–Trinajstić information content (AvgIpc) is 3.08. The maximum atomic E-state index is 12.9. The Hall–Kier alpha value is -3.66. The van der Waals surface area contributed by atoms with Gasteiger partial charge in [0.25, 0.3) is 10.0 Å². The SMILES string of the molecule is Cc1ccc(S(=O)(=O)Nc2ccc(N3CCCN(c4ncccn4)CC3)cc2C(=O)O)cc1C. The monoisotopic (exact) mass is 481 g/mol. The average molecular weight is 482 g/mol. The number of carbonyl (C=O) groups is 1. The van der Waals surface area contributed by atoms with Crippen molar-refractivity contribution in [3.63, 3.8) is 0 Å². The van der Waals surface area contributed by atoms with Gasteiger partial charge in [-0.15, -0.1) is 0 Å². The lowest BCUT2D eigenvalue weighted by Crippen LogP contribution is -2.31. The molecule has 0 amide bonds. The molecule has 3 aromatic rings. The second-order valence-electron chi connectivity index (χ2n) is 8.26. The first-order valence-corrected chi connectivity index (χ1v) is 12.5. The number of rotatable bonds is 6. The van der Waals surface area contributed by atoms with Gasteiger partial charge in [0, 0.05) is 44.3 Å². The lowest BCUT2D eigenvalue weighted by atomic mass is 10.1. The first kappa shape index (κ1) is 23.5. The smallest absolute Gasteiger partial charge is 0.337 e. The number of hydrogen-bond acceptors (Lipinski definition) is 7. The van der Waals surface area contributed by atoms with E-state index in [4.69, 9.17) is 0 Å². The topological polar surface area (TPSA) is 116 Å². The van der Waals surface area contributed by atoms with Crippen LogP contribution in [0.4, 0.5) is 17.3 Å². The number of carboxylic acid groups (broad SMARTS) is 1. The number of aromatic carboxylic acids is 1. The molecule has 2 heterocycles. The summed E-state index contributed by atoms with van der Waals surface area (Å²) < 4.78 is 28.3. The number of hydrogen-bond donors (Lipinski definition) is 2. The Morgan fingerprint density at radius 3 is 2.35 bits per heavy atom. The van der Waals surface area contributed by atoms with Crippen molar-refractivity contribution in [3.05, 3.63) is 71.5 Å². The number of anilines is 3. The van der Waals surface area contributed by atoms with E-state index in [9.17, 15) is 18.3 Å². The maximum Gasteiger partial charge on any atom is 0.337 e. The molecule has 34 heavy (non-hydrogen) atoms. The van der Waals surface area contributed by atoms with Crippen LogP contribution in [0, 0.1) is 13.8 Å². The lowest BCUT2D eigenvalue weighted by molar-refractivity contribution is 0.0698. The zero-order valence-corrected chi connectivity index (χ0v) is 19.9. The third-order valence-electron chi connectivity index (χ3n) is 5.96. The minimum absolute atomic E-state index is 0.0311. The number of nitrogens with zero attached hydrogens (tertiary/aromatic N) is 4. The minimum Gasteiger partial charge on any atom is -0.478 e. The highest BCUT2D eigenvalue weighted by atomic mass is 32.2. The largest absolute Gasteiger partial charge is 0.478 e. The van der Waals surface area contributed by atoms with E-state index in [1.54, 1.807) is 36.7 Å². The van der Waals surface area contributed by atoms with E-state index < -0.39 is 16.0 Å². The summed E-state index contributed by atoms with van der Waals surface area (Å²) >= 11 is 0. The molecule has 178 valence electrons. The molecule has 0 atom stereocenters. The fourth-order valence-electron chi connectivity index (χ4n) is 3.91. The first-order chi connectivity index (χ1) is 16.2. The highest BCUT2D eigenvalue weighted by Gasteiger charge is 2.22. The fraction of sp³-hybridized carbons (Fsp3) is 0.292. The maximum absolute atomic E-state index is 12.9. The molecule has 1 aromatic heterocycles. The Bertz CT molecular complexity index is 1300. The quantitative estimate of drug-likeness (QED) is 0.551. The van der Waals surface area contributed by atoms with Gasteiger partial charge in [-0.05, 0) is 67.8 Å². The van der Waals surface area contributed by atoms with Crippen LogP contribution in [0.5, 0.6) is 0 Å². The van der Waals surface area contributed by atoms with Crippen molar-refractivity contribution in [3.8, 4) is 0 Å². The van der Waals surface area contributed by atoms with Crippen molar-refractivity contribution >= 4 is 33.3 Å². The summed E-state index contributed by atoms with van der Waals surface area (Å²) in [6, 6.07) is 11.4. The van der Waals surface area contributed by atoms with Gasteiger partial charge in [-0.1, -0.05) is 6.07 Å². The number of aryl methyl sites for hydroxylation is 2. The molecule has 1 aliphatic rings. The van der Waals surface area contributed by atoms with E-state index in [0.29, 0.717) is 19.0 Å². The van der Waals surface area contributed by atoms with Gasteiger partial charge in [-0.25, -0.2) is 23.2 Å². The summed E-state index contributed by atoms with van der Waals surface area (Å²) in [5, 5.41) is 9.80. The van der Waals surface area contributed by atoms with Crippen LogP contribution in [0.1, 0.15) is 27.9 Å². The number of benzene rings is 2. The van der Waals surface area contributed by atoms with Gasteiger partial charge in [-0.2, -0.15) is 0 Å². The Morgan fingerprint density at radius 1 is 0.941 bits per heavy atom. The van der Waals surface area contributed by atoms with Gasteiger partial charge in [0.1, 0.15) is 0 Å². The van der Waals surface area contributed by atoms with Gasteiger partial charge in [-0.3, -0.25) is 4.72 Å². The van der Waals surface area contributed by atoms with Crippen LogP contribution in [0.15, 0.2) is 59.8 Å². The fourth-order valence-corrected chi connectivity index (χ4v) is 5.07. The van der Waals surface area contributed by atoms with Crippen molar-refractivity contribution in [2.45, 2.75) is 25.2 Å². The third kappa shape index (κ3) is 5.12. The van der Waals surface area contributed by atoms with E-state index in [-0.39, 0.29) is 16.1 Å². The predicted octanol–water partition coefficient (Wildman–Crippen LogP) is 3.31. The molecule has 0 spiro atoms. The molecule has 0 unspecified atom stereocenters. The minimum atomic E-state index is -3.94. The molecule has 0 bridgehead atoms. The van der Waals surface area contributed by atoms with Gasteiger partial charge in [0.05, 0.1) is 16.1 Å². The molecule has 0 aliphatic carbocycles. The van der Waals surface area contributed by atoms with Gasteiger partial charge < -0.3 is 14.9 Å². The Labute approximate surface area is 199 Å². The Morgan fingerprint density at radius 2 is 1.65 bits per heavy atom. The van der Waals surface area contributed by atoms with Crippen LogP contribution in [0.25, 0.3) is 0 Å². The van der Waals surface area contributed by atoms with Crippen molar-refractivity contribution in [1.29, 1.82) is 0 Å². The second-order valence-corrected chi connectivity index (χ2v) is 9.95. The van der Waals surface area contributed by atoms with E-state index in [2.05, 4.69) is 24.5 Å². The molecule has 2 aromatic carbocycles. The van der Waals surface area contributed by atoms with Crippen molar-refractivity contribution in [2.75, 3.05) is 40.7 Å². The molecule has 0 radical (unpaired) electrons. The lowest BCUT2D eigenvalue weighted by Gasteiger charge is -2.24. The van der Waals surface area contributed by atoms with E-state index in [0.717, 1.165) is 36.3 Å². The van der Waals surface area contributed by atoms with E-state index in [1.807, 2.05) is 13.8 Å². The first-order valence-electron chi connectivity index (χ1n) is 11.0. The standard InChI is InChI=1S/C24H27N5O4S/c1-17-5-7-20(15-18(17)2)34(32,33)27-22-8-6-19(16-21(22)23(30)31)28-11-4-12-29(14-13-28)24-25-9-3-10-26-24/h3,5-10,15-16,27H,4,11-14H2,1-2H3,(H,30,31). The molecule has 1 aliphatic heterocycles. The molecule has 4 rings (SSSR count). The normalized spacial score (nSPS) is 14.5. The number of nitrogens with one attached hydrogen (secondary N) is 1. The highest BCUT2D eigenvalue weighted by Crippen LogP contribution is 2.27. The summed E-state index contributed by atoms with van der Waals surface area (Å²) in [7, 11) is -3.94. The Balaban J connectivity index is 1.56.